The summed E-state index contributed by atoms with van der Waals surface area (Å²) in [6.45, 7) is 0. The predicted molar refractivity (Wildman–Crippen MR) is 277 cm³/mol. The second-order valence-electron chi connectivity index (χ2n) is 17.9. The molecule has 0 saturated carbocycles. The molecule has 0 aliphatic heterocycles. The normalized spacial score (nSPS) is 16.3. The van der Waals surface area contributed by atoms with Crippen LogP contribution in [-0.2, 0) is 5.41 Å². The van der Waals surface area contributed by atoms with Gasteiger partial charge in [-0.25, -0.2) is 0 Å². The molecule has 3 aliphatic rings. The second-order valence-corrected chi connectivity index (χ2v) is 17.9. The van der Waals surface area contributed by atoms with Gasteiger partial charge in [-0.2, -0.15) is 0 Å². The molecule has 0 fully saturated rings. The average Bonchev–Trinajstić information content (AvgIpc) is 3.69. The third kappa shape index (κ3) is 5.80. The van der Waals surface area contributed by atoms with Crippen molar-refractivity contribution < 1.29 is 0 Å². The molecule has 310 valence electrons. The molecule has 0 N–H and O–H groups in total. The van der Waals surface area contributed by atoms with Crippen LogP contribution in [0.1, 0.15) is 44.9 Å². The van der Waals surface area contributed by atoms with E-state index in [0.717, 1.165) is 17.1 Å². The number of para-hydroxylation sites is 1. The molecule has 10 aromatic rings. The molecule has 13 rings (SSSR count). The van der Waals surface area contributed by atoms with Crippen LogP contribution in [0.5, 0.6) is 0 Å². The van der Waals surface area contributed by atoms with Crippen molar-refractivity contribution in [2.45, 2.75) is 11.3 Å². The van der Waals surface area contributed by atoms with Crippen LogP contribution in [0, 0.1) is 5.92 Å². The first kappa shape index (κ1) is 38.2. The van der Waals surface area contributed by atoms with Crippen molar-refractivity contribution in [2.24, 2.45) is 5.92 Å². The summed E-state index contributed by atoms with van der Waals surface area (Å²) in [4.78, 5) is 2.53. The summed E-state index contributed by atoms with van der Waals surface area (Å²) in [6, 6.07) is 85.8. The molecule has 0 bridgehead atoms. The van der Waals surface area contributed by atoms with Gasteiger partial charge in [-0.15, -0.1) is 0 Å². The summed E-state index contributed by atoms with van der Waals surface area (Å²) in [7, 11) is 0. The SMILES string of the molecule is C1=CC2C=C(c3c(-c4cc5ccccc5c5ccccc45)cccc3N(c3ccccc3)c3ccc4c(c3)C(c3ccccc3)(c3ccccc3)c3ccccc3-4)c3ccccc3C2C=C1. The second kappa shape index (κ2) is 15.5. The molecule has 1 nitrogen and oxygen atoms in total. The van der Waals surface area contributed by atoms with E-state index in [1.807, 2.05) is 0 Å². The molecule has 2 unspecified atom stereocenters. The van der Waals surface area contributed by atoms with E-state index >= 15 is 0 Å². The third-order valence-corrected chi connectivity index (χ3v) is 14.5. The van der Waals surface area contributed by atoms with Crippen molar-refractivity contribution in [1.29, 1.82) is 0 Å². The van der Waals surface area contributed by atoms with Crippen molar-refractivity contribution >= 4 is 44.2 Å². The van der Waals surface area contributed by atoms with Crippen LogP contribution in [0.3, 0.4) is 0 Å². The highest BCUT2D eigenvalue weighted by Gasteiger charge is 2.46. The summed E-state index contributed by atoms with van der Waals surface area (Å²) >= 11 is 0. The number of anilines is 3. The fourth-order valence-corrected chi connectivity index (χ4v) is 11.7. The highest BCUT2D eigenvalue weighted by molar-refractivity contribution is 6.15. The highest BCUT2D eigenvalue weighted by Crippen LogP contribution is 2.58. The Kier molecular flexibility index (Phi) is 8.96. The summed E-state index contributed by atoms with van der Waals surface area (Å²) in [6.07, 6.45) is 11.7. The standard InChI is InChI=1S/C65H45N/c1-4-23-46(24-5-1)65(47-25-6-2-7-26-47)61-37-19-18-35-56(61)57-40-39-49(43-62(57)65)66(48-27-8-3-9-28-48)63-38-20-36-58(59-41-44-21-10-12-29-50(44)52-31-14-16-33-54(52)59)64(63)60-42-45-22-11-13-30-51(45)53-32-15-17-34-55(53)60/h1-43,45,51H. The number of hydrogen-bond donors (Lipinski definition) is 0. The maximum Gasteiger partial charge on any atom is 0.0714 e. The Labute approximate surface area is 386 Å². The molecule has 0 amide bonds. The minimum atomic E-state index is -0.539. The Hall–Kier alpha value is -8.26. The third-order valence-electron chi connectivity index (χ3n) is 14.5. The Balaban J connectivity index is 1.13. The molecule has 0 spiro atoms. The summed E-state index contributed by atoms with van der Waals surface area (Å²) in [5.74, 6) is 0.495. The van der Waals surface area contributed by atoms with E-state index in [2.05, 4.69) is 266 Å². The van der Waals surface area contributed by atoms with Crippen molar-refractivity contribution in [3.8, 4) is 22.3 Å². The monoisotopic (exact) mass is 839 g/mol. The van der Waals surface area contributed by atoms with Crippen LogP contribution >= 0.6 is 0 Å². The van der Waals surface area contributed by atoms with Crippen LogP contribution in [0.2, 0.25) is 0 Å². The highest BCUT2D eigenvalue weighted by atomic mass is 15.1. The van der Waals surface area contributed by atoms with E-state index in [1.165, 1.54) is 88.3 Å². The van der Waals surface area contributed by atoms with Gasteiger partial charge in [0.25, 0.3) is 0 Å². The van der Waals surface area contributed by atoms with Gasteiger partial charge in [-0.1, -0.05) is 225 Å². The fraction of sp³-hybridized carbons (Fsp3) is 0.0462. The smallest absolute Gasteiger partial charge is 0.0714 e. The summed E-state index contributed by atoms with van der Waals surface area (Å²) in [5, 5.41) is 5.01. The minimum absolute atomic E-state index is 0.218. The zero-order valence-corrected chi connectivity index (χ0v) is 36.4. The van der Waals surface area contributed by atoms with Crippen molar-refractivity contribution in [1.82, 2.24) is 0 Å². The van der Waals surface area contributed by atoms with Crippen LogP contribution < -0.4 is 4.90 Å². The predicted octanol–water partition coefficient (Wildman–Crippen LogP) is 16.8. The van der Waals surface area contributed by atoms with Crippen molar-refractivity contribution in [3.63, 3.8) is 0 Å². The lowest BCUT2D eigenvalue weighted by atomic mass is 9.67. The fourth-order valence-electron chi connectivity index (χ4n) is 11.7. The van der Waals surface area contributed by atoms with Gasteiger partial charge in [-0.05, 0) is 119 Å². The van der Waals surface area contributed by atoms with Crippen LogP contribution in [-0.4, -0.2) is 0 Å². The van der Waals surface area contributed by atoms with Crippen LogP contribution in [0.15, 0.2) is 261 Å². The Morgan fingerprint density at radius 3 is 1.77 bits per heavy atom. The van der Waals surface area contributed by atoms with Crippen LogP contribution in [0.4, 0.5) is 17.1 Å². The van der Waals surface area contributed by atoms with Crippen molar-refractivity contribution in [3.05, 3.63) is 300 Å². The molecule has 66 heavy (non-hydrogen) atoms. The van der Waals surface area contributed by atoms with Gasteiger partial charge < -0.3 is 4.90 Å². The zero-order valence-electron chi connectivity index (χ0n) is 36.4. The number of rotatable bonds is 7. The van der Waals surface area contributed by atoms with E-state index in [1.54, 1.807) is 0 Å². The van der Waals surface area contributed by atoms with Crippen molar-refractivity contribution in [2.75, 3.05) is 4.90 Å². The zero-order chi connectivity index (χ0) is 43.6. The van der Waals surface area contributed by atoms with E-state index < -0.39 is 5.41 Å². The first-order chi connectivity index (χ1) is 32.8. The Morgan fingerprint density at radius 1 is 0.379 bits per heavy atom. The van der Waals surface area contributed by atoms with E-state index in [0.29, 0.717) is 0 Å². The van der Waals surface area contributed by atoms with E-state index in [9.17, 15) is 0 Å². The number of benzene rings is 10. The molecule has 1 heteroatoms. The van der Waals surface area contributed by atoms with Gasteiger partial charge in [0, 0.05) is 28.8 Å². The maximum atomic E-state index is 2.55. The van der Waals surface area contributed by atoms with Gasteiger partial charge in [0.2, 0.25) is 0 Å². The van der Waals surface area contributed by atoms with Gasteiger partial charge in [0.15, 0.2) is 0 Å². The lowest BCUT2D eigenvalue weighted by Crippen LogP contribution is -2.28. The molecule has 0 saturated heterocycles. The summed E-state index contributed by atoms with van der Waals surface area (Å²) in [5.41, 5.74) is 18.0. The molecule has 0 heterocycles. The van der Waals surface area contributed by atoms with E-state index in [4.69, 9.17) is 0 Å². The quantitative estimate of drug-likeness (QED) is 0.145. The van der Waals surface area contributed by atoms with Gasteiger partial charge in [-0.3, -0.25) is 0 Å². The Morgan fingerprint density at radius 2 is 0.985 bits per heavy atom. The largest absolute Gasteiger partial charge is 0.310 e. The number of nitrogens with zero attached hydrogens (tertiary/aromatic N) is 1. The number of fused-ring (bicyclic) bond motifs is 9. The van der Waals surface area contributed by atoms with Crippen LogP contribution in [0.25, 0.3) is 49.4 Å². The lowest BCUT2D eigenvalue weighted by Gasteiger charge is -2.36. The lowest BCUT2D eigenvalue weighted by molar-refractivity contribution is 0.689. The maximum absolute atomic E-state index is 2.55. The Bertz CT molecular complexity index is 3560. The first-order valence-electron chi connectivity index (χ1n) is 23.2. The molecular formula is C65H45N. The molecular weight excluding hydrogens is 795 g/mol. The topological polar surface area (TPSA) is 3.24 Å². The number of allylic oxidation sites excluding steroid dienone is 5. The molecule has 0 aromatic heterocycles. The molecule has 2 atom stereocenters. The average molecular weight is 840 g/mol. The van der Waals surface area contributed by atoms with E-state index in [-0.39, 0.29) is 11.8 Å². The number of hydrogen-bond acceptors (Lipinski definition) is 1. The van der Waals surface area contributed by atoms with Gasteiger partial charge in [0.1, 0.15) is 0 Å². The first-order valence-corrected chi connectivity index (χ1v) is 23.2. The molecule has 3 aliphatic carbocycles. The molecule has 0 radical (unpaired) electrons. The molecule has 10 aromatic carbocycles. The van der Waals surface area contributed by atoms with Gasteiger partial charge >= 0.3 is 0 Å². The minimum Gasteiger partial charge on any atom is -0.310 e. The summed E-state index contributed by atoms with van der Waals surface area (Å²) < 4.78 is 0. The van der Waals surface area contributed by atoms with Gasteiger partial charge in [0.05, 0.1) is 11.1 Å².